The van der Waals surface area contributed by atoms with Crippen molar-refractivity contribution in [3.8, 4) is 0 Å². The Labute approximate surface area is 116 Å². The fourth-order valence-corrected chi connectivity index (χ4v) is 2.53. The maximum atomic E-state index is 12.1. The highest BCUT2D eigenvalue weighted by Gasteiger charge is 2.15. The minimum absolute atomic E-state index is 0.00310. The van der Waals surface area contributed by atoms with Crippen LogP contribution in [-0.4, -0.2) is 10.9 Å². The van der Waals surface area contributed by atoms with E-state index in [1.807, 2.05) is 38.1 Å². The lowest BCUT2D eigenvalue weighted by atomic mass is 10.00. The third-order valence-corrected chi connectivity index (χ3v) is 3.82. The first kappa shape index (κ1) is 13.5. The van der Waals surface area contributed by atoms with Crippen LogP contribution in [0, 0.1) is 6.92 Å². The maximum absolute atomic E-state index is 12.1. The molecule has 0 aliphatic heterocycles. The average Bonchev–Trinajstić information content (AvgIpc) is 2.81. The number of nitrogens with zero attached hydrogens (tertiary/aromatic N) is 1. The van der Waals surface area contributed by atoms with Crippen LogP contribution < -0.4 is 11.1 Å². The molecule has 0 saturated heterocycles. The van der Waals surface area contributed by atoms with Gasteiger partial charge in [-0.2, -0.15) is 0 Å². The Hall–Kier alpha value is -1.88. The van der Waals surface area contributed by atoms with Crippen molar-refractivity contribution in [3.63, 3.8) is 0 Å². The van der Waals surface area contributed by atoms with Gasteiger partial charge in [-0.15, -0.1) is 11.3 Å². The fourth-order valence-electron chi connectivity index (χ4n) is 1.79. The molecular formula is C14H17N3OS. The Morgan fingerprint density at radius 3 is 2.95 bits per heavy atom. The van der Waals surface area contributed by atoms with Crippen molar-refractivity contribution in [1.29, 1.82) is 0 Å². The minimum Gasteiger partial charge on any atom is -0.399 e. The standard InChI is InChI=1S/C14H17N3OS/c1-9(11-4-3-5-12(15)6-11)14(18)17-8-13-7-16-10(2)19-13/h3-7,9H,8,15H2,1-2H3,(H,17,18). The second-order valence-electron chi connectivity index (χ2n) is 4.46. The number of amides is 1. The Morgan fingerprint density at radius 1 is 1.53 bits per heavy atom. The summed E-state index contributed by atoms with van der Waals surface area (Å²) in [7, 11) is 0. The lowest BCUT2D eigenvalue weighted by molar-refractivity contribution is -0.122. The number of hydrogen-bond acceptors (Lipinski definition) is 4. The summed E-state index contributed by atoms with van der Waals surface area (Å²) in [4.78, 5) is 17.3. The molecule has 0 fully saturated rings. The van der Waals surface area contributed by atoms with Crippen molar-refractivity contribution in [2.75, 3.05) is 5.73 Å². The first-order chi connectivity index (χ1) is 9.06. The molecule has 4 nitrogen and oxygen atoms in total. The quantitative estimate of drug-likeness (QED) is 0.842. The van der Waals surface area contributed by atoms with E-state index < -0.39 is 0 Å². The van der Waals surface area contributed by atoms with E-state index in [9.17, 15) is 4.79 Å². The topological polar surface area (TPSA) is 68.0 Å². The maximum Gasteiger partial charge on any atom is 0.227 e. The van der Waals surface area contributed by atoms with Crippen LogP contribution in [0.1, 0.15) is 28.3 Å². The predicted molar refractivity (Wildman–Crippen MR) is 78.0 cm³/mol. The van der Waals surface area contributed by atoms with E-state index in [4.69, 9.17) is 5.73 Å². The first-order valence-corrected chi connectivity index (χ1v) is 6.92. The van der Waals surface area contributed by atoms with Crippen molar-refractivity contribution in [2.45, 2.75) is 26.3 Å². The summed E-state index contributed by atoms with van der Waals surface area (Å²) in [5, 5.41) is 3.93. The Kier molecular flexibility index (Phi) is 4.16. The molecule has 1 heterocycles. The van der Waals surface area contributed by atoms with Crippen molar-refractivity contribution < 1.29 is 4.79 Å². The Balaban J connectivity index is 1.96. The second-order valence-corrected chi connectivity index (χ2v) is 5.77. The highest BCUT2D eigenvalue weighted by atomic mass is 32.1. The van der Waals surface area contributed by atoms with Crippen molar-refractivity contribution >= 4 is 22.9 Å². The van der Waals surface area contributed by atoms with Gasteiger partial charge in [-0.3, -0.25) is 4.79 Å². The number of nitrogens with two attached hydrogens (primary N) is 1. The first-order valence-electron chi connectivity index (χ1n) is 6.10. The zero-order chi connectivity index (χ0) is 13.8. The predicted octanol–water partition coefficient (Wildman–Crippen LogP) is 2.45. The van der Waals surface area contributed by atoms with Crippen molar-refractivity contribution in [2.24, 2.45) is 0 Å². The molecule has 19 heavy (non-hydrogen) atoms. The monoisotopic (exact) mass is 275 g/mol. The highest BCUT2D eigenvalue weighted by molar-refractivity contribution is 7.11. The van der Waals surface area contributed by atoms with Crippen LogP contribution in [0.4, 0.5) is 5.69 Å². The molecule has 5 heteroatoms. The zero-order valence-corrected chi connectivity index (χ0v) is 11.8. The van der Waals surface area contributed by atoms with Gasteiger partial charge >= 0.3 is 0 Å². The molecule has 1 aromatic heterocycles. The number of nitrogen functional groups attached to an aromatic ring is 1. The van der Waals surface area contributed by atoms with Gasteiger partial charge in [0.15, 0.2) is 0 Å². The molecule has 0 bridgehead atoms. The number of carbonyl (C=O) groups is 1. The van der Waals surface area contributed by atoms with Gasteiger partial charge in [0.25, 0.3) is 0 Å². The summed E-state index contributed by atoms with van der Waals surface area (Å²) < 4.78 is 0. The van der Waals surface area contributed by atoms with Crippen LogP contribution in [0.2, 0.25) is 0 Å². The molecule has 1 aromatic carbocycles. The number of anilines is 1. The summed E-state index contributed by atoms with van der Waals surface area (Å²) in [5.41, 5.74) is 7.33. The van der Waals surface area contributed by atoms with Crippen LogP contribution >= 0.6 is 11.3 Å². The van der Waals surface area contributed by atoms with E-state index >= 15 is 0 Å². The number of hydrogen-bond donors (Lipinski definition) is 2. The van der Waals surface area contributed by atoms with E-state index in [-0.39, 0.29) is 11.8 Å². The van der Waals surface area contributed by atoms with Gasteiger partial charge < -0.3 is 11.1 Å². The molecule has 3 N–H and O–H groups in total. The van der Waals surface area contributed by atoms with Gasteiger partial charge in [-0.1, -0.05) is 12.1 Å². The molecule has 2 rings (SSSR count). The molecule has 0 spiro atoms. The molecule has 1 atom stereocenters. The minimum atomic E-state index is -0.211. The molecule has 0 saturated carbocycles. The number of aromatic nitrogens is 1. The van der Waals surface area contributed by atoms with E-state index in [1.165, 1.54) is 0 Å². The van der Waals surface area contributed by atoms with Crippen LogP contribution in [-0.2, 0) is 11.3 Å². The van der Waals surface area contributed by atoms with Gasteiger partial charge in [-0.25, -0.2) is 4.98 Å². The van der Waals surface area contributed by atoms with E-state index in [0.717, 1.165) is 15.4 Å². The number of aryl methyl sites for hydroxylation is 1. The third kappa shape index (κ3) is 3.54. The number of thiazole rings is 1. The molecule has 0 aliphatic carbocycles. The average molecular weight is 275 g/mol. The Bertz CT molecular complexity index is 580. The van der Waals surface area contributed by atoms with E-state index in [1.54, 1.807) is 17.5 Å². The molecule has 2 aromatic rings. The van der Waals surface area contributed by atoms with E-state index in [0.29, 0.717) is 12.2 Å². The van der Waals surface area contributed by atoms with Gasteiger partial charge in [-0.05, 0) is 31.5 Å². The highest BCUT2D eigenvalue weighted by Crippen LogP contribution is 2.18. The molecule has 1 unspecified atom stereocenters. The second kappa shape index (κ2) is 5.84. The largest absolute Gasteiger partial charge is 0.399 e. The van der Waals surface area contributed by atoms with Crippen molar-refractivity contribution in [3.05, 3.63) is 45.9 Å². The summed E-state index contributed by atoms with van der Waals surface area (Å²) >= 11 is 1.59. The van der Waals surface area contributed by atoms with E-state index in [2.05, 4.69) is 10.3 Å². The summed E-state index contributed by atoms with van der Waals surface area (Å²) in [6.45, 7) is 4.35. The van der Waals surface area contributed by atoms with Crippen molar-refractivity contribution in [1.82, 2.24) is 10.3 Å². The van der Waals surface area contributed by atoms with Gasteiger partial charge in [0.05, 0.1) is 17.5 Å². The fraction of sp³-hybridized carbons (Fsp3) is 0.286. The normalized spacial score (nSPS) is 12.1. The zero-order valence-electron chi connectivity index (χ0n) is 11.0. The third-order valence-electron chi connectivity index (χ3n) is 2.91. The lowest BCUT2D eigenvalue weighted by Crippen LogP contribution is -2.27. The number of nitrogens with one attached hydrogen (secondary N) is 1. The smallest absolute Gasteiger partial charge is 0.227 e. The Morgan fingerprint density at radius 2 is 2.32 bits per heavy atom. The van der Waals surface area contributed by atoms with Crippen LogP contribution in [0.15, 0.2) is 30.5 Å². The number of carbonyl (C=O) groups excluding carboxylic acids is 1. The van der Waals surface area contributed by atoms with Gasteiger partial charge in [0.1, 0.15) is 0 Å². The molecule has 0 radical (unpaired) electrons. The van der Waals surface area contributed by atoms with Crippen LogP contribution in [0.5, 0.6) is 0 Å². The number of benzene rings is 1. The van der Waals surface area contributed by atoms with Crippen LogP contribution in [0.3, 0.4) is 0 Å². The summed E-state index contributed by atoms with van der Waals surface area (Å²) in [6, 6.07) is 7.42. The molecular weight excluding hydrogens is 258 g/mol. The molecule has 1 amide bonds. The number of rotatable bonds is 4. The summed E-state index contributed by atoms with van der Waals surface area (Å²) in [5.74, 6) is -0.214. The summed E-state index contributed by atoms with van der Waals surface area (Å²) in [6.07, 6.45) is 1.80. The molecule has 100 valence electrons. The lowest BCUT2D eigenvalue weighted by Gasteiger charge is -2.12. The molecule has 0 aliphatic rings. The van der Waals surface area contributed by atoms with Gasteiger partial charge in [0.2, 0.25) is 5.91 Å². The SMILES string of the molecule is Cc1ncc(CNC(=O)C(C)c2cccc(N)c2)s1. The van der Waals surface area contributed by atoms with Crippen LogP contribution in [0.25, 0.3) is 0 Å². The van der Waals surface area contributed by atoms with Gasteiger partial charge in [0, 0.05) is 16.8 Å².